The minimum atomic E-state index is -0.799. The topological polar surface area (TPSA) is 143 Å². The molecule has 7 N–H and O–H groups in total. The quantitative estimate of drug-likeness (QED) is 0.109. The molecule has 0 bridgehead atoms. The van der Waals surface area contributed by atoms with Crippen LogP contribution < -0.4 is 31.4 Å². The normalized spacial score (nSPS) is 25.2. The van der Waals surface area contributed by atoms with Gasteiger partial charge < -0.3 is 30.7 Å². The van der Waals surface area contributed by atoms with Gasteiger partial charge in [0.25, 0.3) is 11.8 Å². The van der Waals surface area contributed by atoms with Gasteiger partial charge in [0.2, 0.25) is 5.84 Å². The number of nitrogens with zero attached hydrogens (tertiary/aromatic N) is 1. The summed E-state index contributed by atoms with van der Waals surface area (Å²) in [6, 6.07) is 5.17. The Hall–Kier alpha value is -4.05. The van der Waals surface area contributed by atoms with Crippen LogP contribution in [-0.4, -0.2) is 78.1 Å². The molecule has 10 nitrogen and oxygen atoms in total. The van der Waals surface area contributed by atoms with Crippen LogP contribution in [0.2, 0.25) is 0 Å². The molecule has 1 aromatic rings. The minimum Gasteiger partial charge on any atom is -0.492 e. The van der Waals surface area contributed by atoms with E-state index in [0.29, 0.717) is 43.3 Å². The predicted molar refractivity (Wildman–Crippen MR) is 194 cm³/mol. The van der Waals surface area contributed by atoms with Gasteiger partial charge in [-0.25, -0.2) is 0 Å². The predicted octanol–water partition coefficient (Wildman–Crippen LogP) is 2.94. The first-order valence-corrected chi connectivity index (χ1v) is 17.2. The van der Waals surface area contributed by atoms with E-state index in [2.05, 4.69) is 53.5 Å². The van der Waals surface area contributed by atoms with E-state index in [0.717, 1.165) is 40.9 Å². The van der Waals surface area contributed by atoms with Crippen molar-refractivity contribution in [2.75, 3.05) is 26.7 Å². The van der Waals surface area contributed by atoms with Gasteiger partial charge in [-0.1, -0.05) is 63.6 Å². The monoisotopic (exact) mass is 663 g/mol. The highest BCUT2D eigenvalue weighted by Crippen LogP contribution is 2.41. The number of amidine groups is 1. The molecule has 48 heavy (non-hydrogen) atoms. The summed E-state index contributed by atoms with van der Waals surface area (Å²) in [5, 5.41) is 20.8. The summed E-state index contributed by atoms with van der Waals surface area (Å²) in [5.74, 6) is 2.08. The highest BCUT2D eigenvalue weighted by atomic mass is 16.5. The molecule has 2 saturated heterocycles. The highest BCUT2D eigenvalue weighted by molar-refractivity contribution is 5.98. The van der Waals surface area contributed by atoms with E-state index in [1.165, 1.54) is 0 Å². The lowest BCUT2D eigenvalue weighted by atomic mass is 9.79. The Morgan fingerprint density at radius 3 is 2.52 bits per heavy atom. The van der Waals surface area contributed by atoms with Crippen LogP contribution in [0.25, 0.3) is 0 Å². The van der Waals surface area contributed by atoms with Gasteiger partial charge in [0.1, 0.15) is 29.3 Å². The van der Waals surface area contributed by atoms with Crippen LogP contribution in [0.3, 0.4) is 0 Å². The fourth-order valence-electron chi connectivity index (χ4n) is 6.71. The largest absolute Gasteiger partial charge is 0.492 e. The second-order valence-electron chi connectivity index (χ2n) is 13.9. The van der Waals surface area contributed by atoms with Crippen LogP contribution in [0, 0.1) is 0 Å². The smallest absolute Gasteiger partial charge is 0.255 e. The number of nitrogens with one attached hydrogen (secondary N) is 4. The molecule has 2 fully saturated rings. The molecular formula is C38H59N6O4+. The number of rotatable bonds is 8. The van der Waals surface area contributed by atoms with Gasteiger partial charge in [-0.3, -0.25) is 20.3 Å². The Morgan fingerprint density at radius 1 is 1.21 bits per heavy atom. The molecule has 2 amide bonds. The molecule has 1 aromatic carbocycles. The zero-order valence-electron chi connectivity index (χ0n) is 30.7. The van der Waals surface area contributed by atoms with Crippen LogP contribution in [-0.2, 0) is 10.2 Å². The molecule has 0 aliphatic carbocycles. The maximum absolute atomic E-state index is 13.5. The van der Waals surface area contributed by atoms with E-state index >= 15 is 0 Å². The van der Waals surface area contributed by atoms with Crippen molar-refractivity contribution < 1.29 is 24.4 Å². The van der Waals surface area contributed by atoms with E-state index in [-0.39, 0.29) is 23.3 Å². The number of aliphatic hydroxyl groups excluding tert-OH is 1. The summed E-state index contributed by atoms with van der Waals surface area (Å²) >= 11 is 0. The number of benzene rings is 1. The van der Waals surface area contributed by atoms with Crippen molar-refractivity contribution in [2.24, 2.45) is 5.73 Å². The molecule has 0 spiro atoms. The summed E-state index contributed by atoms with van der Waals surface area (Å²) in [6.45, 7) is 20.2. The Labute approximate surface area is 287 Å². The van der Waals surface area contributed by atoms with Crippen LogP contribution in [0.4, 0.5) is 0 Å². The first kappa shape index (κ1) is 38.4. The van der Waals surface area contributed by atoms with E-state index < -0.39 is 17.7 Å². The van der Waals surface area contributed by atoms with Crippen molar-refractivity contribution in [1.82, 2.24) is 20.9 Å². The third-order valence-electron chi connectivity index (χ3n) is 9.61. The van der Waals surface area contributed by atoms with E-state index in [9.17, 15) is 14.7 Å². The third-order valence-corrected chi connectivity index (χ3v) is 9.61. The van der Waals surface area contributed by atoms with E-state index in [1.807, 2.05) is 71.1 Å². The fraction of sp³-hybridized carbons (Fsp3) is 0.553. The molecule has 4 atom stereocenters. The SMILES string of the molecule is CCC(N)=[NH+]C1CNC(=C(C)C)N2CC(NC(=O)c3cccc4c3OCCC4(C)C)[C@@H](O)[C@]12C.C\C=C/C(C)=C\C(=C\CC)C(=O)NC. The van der Waals surface area contributed by atoms with Gasteiger partial charge in [0, 0.05) is 31.1 Å². The number of allylic oxidation sites excluding steroid dienone is 5. The number of carbonyl (C=O) groups is 2. The second kappa shape index (κ2) is 16.4. The lowest BCUT2D eigenvalue weighted by Gasteiger charge is -2.47. The van der Waals surface area contributed by atoms with Crippen LogP contribution in [0.15, 0.2) is 65.0 Å². The maximum atomic E-state index is 13.5. The highest BCUT2D eigenvalue weighted by Gasteiger charge is 2.59. The van der Waals surface area contributed by atoms with E-state index in [1.54, 1.807) is 13.1 Å². The number of ether oxygens (including phenoxy) is 1. The van der Waals surface area contributed by atoms with Crippen molar-refractivity contribution in [3.05, 3.63) is 76.2 Å². The molecule has 0 saturated carbocycles. The molecule has 3 aliphatic heterocycles. The molecule has 3 aliphatic rings. The van der Waals surface area contributed by atoms with Crippen LogP contribution >= 0.6 is 0 Å². The zero-order chi connectivity index (χ0) is 35.8. The van der Waals surface area contributed by atoms with Gasteiger partial charge in [-0.15, -0.1) is 0 Å². The number of fused-ring (bicyclic) bond motifs is 2. The number of carbonyl (C=O) groups excluding carboxylic acids is 2. The van der Waals surface area contributed by atoms with Gasteiger partial charge in [-0.05, 0) is 70.6 Å². The van der Waals surface area contributed by atoms with Crippen LogP contribution in [0.5, 0.6) is 5.75 Å². The van der Waals surface area contributed by atoms with Crippen molar-refractivity contribution in [1.29, 1.82) is 0 Å². The third kappa shape index (κ3) is 8.32. The number of nitrogens with two attached hydrogens (primary N) is 1. The molecule has 4 rings (SSSR count). The lowest BCUT2D eigenvalue weighted by Crippen LogP contribution is -2.92. The first-order valence-electron chi connectivity index (χ1n) is 17.2. The van der Waals surface area contributed by atoms with Crippen molar-refractivity contribution in [2.45, 2.75) is 111 Å². The van der Waals surface area contributed by atoms with Gasteiger partial charge in [0.05, 0.1) is 24.8 Å². The van der Waals surface area contributed by atoms with Crippen molar-refractivity contribution in [3.63, 3.8) is 0 Å². The fourth-order valence-corrected chi connectivity index (χ4v) is 6.71. The van der Waals surface area contributed by atoms with E-state index in [4.69, 9.17) is 10.5 Å². The second-order valence-corrected chi connectivity index (χ2v) is 13.9. The summed E-state index contributed by atoms with van der Waals surface area (Å²) < 4.78 is 5.96. The summed E-state index contributed by atoms with van der Waals surface area (Å²) in [7, 11) is 1.64. The molecule has 10 heteroatoms. The number of hydrogen-bond acceptors (Lipinski definition) is 6. The number of para-hydroxylation sites is 1. The first-order chi connectivity index (χ1) is 22.7. The maximum Gasteiger partial charge on any atom is 0.255 e. The minimum absolute atomic E-state index is 0.0318. The average Bonchev–Trinajstić information content (AvgIpc) is 3.30. The summed E-state index contributed by atoms with van der Waals surface area (Å²) in [4.78, 5) is 30.4. The lowest BCUT2D eigenvalue weighted by molar-refractivity contribution is -0.525. The molecule has 264 valence electrons. The van der Waals surface area contributed by atoms with Gasteiger partial charge in [-0.2, -0.15) is 0 Å². The Bertz CT molecular complexity index is 1490. The zero-order valence-corrected chi connectivity index (χ0v) is 30.7. The Kier molecular flexibility index (Phi) is 13.1. The summed E-state index contributed by atoms with van der Waals surface area (Å²) in [5.41, 5.74) is 9.95. The number of likely N-dealkylation sites (N-methyl/N-ethyl adjacent to an activating group) is 1. The standard InChI is InChI=1S/C26H39N5O3.C12H19NO/c1-7-20(27)30-19-13-28-23(15(2)3)31-14-18(22(32)26(19,31)6)29-24(33)16-9-8-10-17-21(16)34-12-11-25(17,4)5;1-5-7-10(3)9-11(8-6-2)12(14)13-4/h8-10,18-19,22,28,32H,7,11-14H2,1-6H3,(H2,27,30)(H,29,33);5,7-9H,6H2,1-4H3,(H,13,14)/p+1/b;7-5-,10-9-,11-8-/t18?,19?,22-,26+;/m1./s1. The van der Waals surface area contributed by atoms with Crippen molar-refractivity contribution >= 4 is 17.6 Å². The number of amides is 2. The number of hydrogen-bond donors (Lipinski definition) is 6. The van der Waals surface area contributed by atoms with Gasteiger partial charge in [0.15, 0.2) is 0 Å². The average molecular weight is 664 g/mol. The molecule has 2 unspecified atom stereocenters. The molecular weight excluding hydrogens is 604 g/mol. The Morgan fingerprint density at radius 2 is 1.92 bits per heavy atom. The van der Waals surface area contributed by atoms with Crippen LogP contribution in [0.1, 0.15) is 97.5 Å². The van der Waals surface area contributed by atoms with Gasteiger partial charge >= 0.3 is 0 Å². The van der Waals surface area contributed by atoms with Crippen molar-refractivity contribution in [3.8, 4) is 5.75 Å². The Balaban J connectivity index is 0.000000378. The summed E-state index contributed by atoms with van der Waals surface area (Å²) in [6.07, 6.45) is 9.42. The molecule has 3 heterocycles. The molecule has 0 radical (unpaired) electrons. The molecule has 0 aromatic heterocycles. The number of aliphatic hydroxyl groups is 1.